The molecule has 2 N–H and O–H groups in total. The van der Waals surface area contributed by atoms with E-state index in [2.05, 4.69) is 0 Å². The number of aryl methyl sites for hydroxylation is 1. The van der Waals surface area contributed by atoms with Crippen LogP contribution in [0.15, 0.2) is 18.2 Å². The van der Waals surface area contributed by atoms with E-state index in [0.717, 1.165) is 16.9 Å². The van der Waals surface area contributed by atoms with Gasteiger partial charge < -0.3 is 10.5 Å². The van der Waals surface area contributed by atoms with E-state index in [1.165, 1.54) is 0 Å². The van der Waals surface area contributed by atoms with Crippen LogP contribution < -0.4 is 10.5 Å². The summed E-state index contributed by atoms with van der Waals surface area (Å²) in [6, 6.07) is 5.87. The van der Waals surface area contributed by atoms with Crippen molar-refractivity contribution in [2.45, 2.75) is 46.6 Å². The first-order chi connectivity index (χ1) is 8.59. The van der Waals surface area contributed by atoms with Gasteiger partial charge >= 0.3 is 0 Å². The zero-order valence-corrected chi connectivity index (χ0v) is 12.8. The lowest BCUT2D eigenvalue weighted by atomic mass is 9.70. The Morgan fingerprint density at radius 2 is 1.84 bits per heavy atom. The van der Waals surface area contributed by atoms with Gasteiger partial charge in [-0.15, -0.1) is 0 Å². The van der Waals surface area contributed by atoms with Crippen molar-refractivity contribution in [3.05, 3.63) is 29.3 Å². The molecule has 0 spiro atoms. The van der Waals surface area contributed by atoms with E-state index >= 15 is 0 Å². The average molecular weight is 263 g/mol. The molecule has 0 bridgehead atoms. The van der Waals surface area contributed by atoms with E-state index < -0.39 is 11.0 Å². The molecule has 0 aliphatic carbocycles. The number of hydrogen-bond donors (Lipinski definition) is 1. The monoisotopic (exact) mass is 263 g/mol. The van der Waals surface area contributed by atoms with Crippen LogP contribution in [0, 0.1) is 12.3 Å². The smallest absolute Gasteiger partial charge is 0.144 e. The fraction of sp³-hybridized carbons (Fsp3) is 0.562. The standard InChI is InChI=1S/C16H25NO2/c1-11-7-8-13(19-6)12(9-11)10-14(18)15(2,3)16(4,5)17/h7-9H,10,17H2,1-6H3. The molecule has 0 saturated carbocycles. The Balaban J connectivity index is 3.03. The van der Waals surface area contributed by atoms with Crippen molar-refractivity contribution in [1.29, 1.82) is 0 Å². The molecule has 0 aliphatic heterocycles. The van der Waals surface area contributed by atoms with E-state index in [4.69, 9.17) is 10.5 Å². The van der Waals surface area contributed by atoms with Crippen molar-refractivity contribution >= 4 is 5.78 Å². The van der Waals surface area contributed by atoms with Gasteiger partial charge in [-0.1, -0.05) is 31.5 Å². The maximum atomic E-state index is 12.5. The van der Waals surface area contributed by atoms with Crippen LogP contribution in [0.2, 0.25) is 0 Å². The summed E-state index contributed by atoms with van der Waals surface area (Å²) in [5, 5.41) is 0. The lowest BCUT2D eigenvalue weighted by Gasteiger charge is -2.37. The van der Waals surface area contributed by atoms with Crippen molar-refractivity contribution in [2.24, 2.45) is 11.1 Å². The third kappa shape index (κ3) is 3.35. The van der Waals surface area contributed by atoms with E-state index in [1.54, 1.807) is 7.11 Å². The number of ketones is 1. The fourth-order valence-corrected chi connectivity index (χ4v) is 1.80. The van der Waals surface area contributed by atoms with Crippen LogP contribution >= 0.6 is 0 Å². The number of nitrogens with two attached hydrogens (primary N) is 1. The minimum atomic E-state index is -0.582. The molecule has 0 aliphatic rings. The summed E-state index contributed by atoms with van der Waals surface area (Å²) in [5.74, 6) is 0.883. The number of Topliss-reactive ketones (excluding diaryl/α,β-unsaturated/α-hetero) is 1. The summed E-state index contributed by atoms with van der Waals surface area (Å²) in [7, 11) is 1.62. The van der Waals surface area contributed by atoms with E-state index in [-0.39, 0.29) is 5.78 Å². The second kappa shape index (κ2) is 5.33. The molecule has 1 rings (SSSR count). The SMILES string of the molecule is COc1ccc(C)cc1CC(=O)C(C)(C)C(C)(C)N. The number of benzene rings is 1. The minimum Gasteiger partial charge on any atom is -0.496 e. The second-order valence-electron chi connectivity index (χ2n) is 6.26. The quantitative estimate of drug-likeness (QED) is 0.888. The third-order valence-electron chi connectivity index (χ3n) is 4.09. The van der Waals surface area contributed by atoms with E-state index in [1.807, 2.05) is 52.8 Å². The molecule has 0 amide bonds. The molecular formula is C16H25NO2. The summed E-state index contributed by atoms with van der Waals surface area (Å²) in [4.78, 5) is 12.5. The molecule has 0 fully saturated rings. The first-order valence-electron chi connectivity index (χ1n) is 6.55. The van der Waals surface area contributed by atoms with Gasteiger partial charge in [-0.05, 0) is 26.8 Å². The summed E-state index contributed by atoms with van der Waals surface area (Å²) in [5.41, 5.74) is 7.02. The number of methoxy groups -OCH3 is 1. The summed E-state index contributed by atoms with van der Waals surface area (Å²) in [6.45, 7) is 9.58. The molecule has 0 heterocycles. The van der Waals surface area contributed by atoms with Gasteiger partial charge in [0, 0.05) is 22.9 Å². The molecular weight excluding hydrogens is 238 g/mol. The molecule has 0 atom stereocenters. The lowest BCUT2D eigenvalue weighted by molar-refractivity contribution is -0.129. The molecule has 3 nitrogen and oxygen atoms in total. The molecule has 0 aromatic heterocycles. The van der Waals surface area contributed by atoms with Gasteiger partial charge in [0.05, 0.1) is 7.11 Å². The molecule has 0 saturated heterocycles. The van der Waals surface area contributed by atoms with Crippen molar-refractivity contribution in [3.8, 4) is 5.75 Å². The molecule has 1 aromatic carbocycles. The van der Waals surface area contributed by atoms with Crippen LogP contribution in [0.25, 0.3) is 0 Å². The second-order valence-corrected chi connectivity index (χ2v) is 6.26. The maximum absolute atomic E-state index is 12.5. The lowest BCUT2D eigenvalue weighted by Crippen LogP contribution is -2.52. The van der Waals surface area contributed by atoms with Gasteiger partial charge in [0.25, 0.3) is 0 Å². The molecule has 0 radical (unpaired) electrons. The van der Waals surface area contributed by atoms with E-state index in [9.17, 15) is 4.79 Å². The highest BCUT2D eigenvalue weighted by molar-refractivity contribution is 5.88. The molecule has 3 heteroatoms. The Kier molecular flexibility index (Phi) is 4.41. The zero-order chi connectivity index (χ0) is 14.8. The summed E-state index contributed by atoms with van der Waals surface area (Å²) < 4.78 is 5.32. The number of carbonyl (C=O) groups excluding carboxylic acids is 1. The van der Waals surface area contributed by atoms with Crippen LogP contribution in [0.3, 0.4) is 0 Å². The molecule has 106 valence electrons. The number of ether oxygens (including phenoxy) is 1. The fourth-order valence-electron chi connectivity index (χ4n) is 1.80. The van der Waals surface area contributed by atoms with Crippen molar-refractivity contribution in [2.75, 3.05) is 7.11 Å². The zero-order valence-electron chi connectivity index (χ0n) is 12.8. The number of rotatable bonds is 5. The van der Waals surface area contributed by atoms with Gasteiger partial charge in [-0.3, -0.25) is 4.79 Å². The van der Waals surface area contributed by atoms with Crippen molar-refractivity contribution in [3.63, 3.8) is 0 Å². The Labute approximate surface area is 116 Å². The largest absolute Gasteiger partial charge is 0.496 e. The third-order valence-corrected chi connectivity index (χ3v) is 4.09. The predicted molar refractivity (Wildman–Crippen MR) is 78.5 cm³/mol. The molecule has 19 heavy (non-hydrogen) atoms. The van der Waals surface area contributed by atoms with Crippen LogP contribution in [0.4, 0.5) is 0 Å². The highest BCUT2D eigenvalue weighted by Crippen LogP contribution is 2.32. The first kappa shape index (κ1) is 15.7. The van der Waals surface area contributed by atoms with E-state index in [0.29, 0.717) is 6.42 Å². The number of carbonyl (C=O) groups is 1. The van der Waals surface area contributed by atoms with Crippen LogP contribution in [0.5, 0.6) is 5.75 Å². The van der Waals surface area contributed by atoms with Gasteiger partial charge in [0.2, 0.25) is 0 Å². The van der Waals surface area contributed by atoms with Gasteiger partial charge in [0.1, 0.15) is 11.5 Å². The summed E-state index contributed by atoms with van der Waals surface area (Å²) >= 11 is 0. The predicted octanol–water partition coefficient (Wildman–Crippen LogP) is 2.88. The van der Waals surface area contributed by atoms with Crippen LogP contribution in [-0.4, -0.2) is 18.4 Å². The highest BCUT2D eigenvalue weighted by atomic mass is 16.5. The van der Waals surface area contributed by atoms with Crippen molar-refractivity contribution < 1.29 is 9.53 Å². The first-order valence-corrected chi connectivity index (χ1v) is 6.55. The Morgan fingerprint density at radius 3 is 2.32 bits per heavy atom. The molecule has 1 aromatic rings. The van der Waals surface area contributed by atoms with Crippen LogP contribution in [-0.2, 0) is 11.2 Å². The Bertz CT molecular complexity index is 470. The topological polar surface area (TPSA) is 52.3 Å². The average Bonchev–Trinajstić information content (AvgIpc) is 2.27. The summed E-state index contributed by atoms with van der Waals surface area (Å²) in [6.07, 6.45) is 0.346. The minimum absolute atomic E-state index is 0.129. The van der Waals surface area contributed by atoms with Gasteiger partial charge in [0.15, 0.2) is 0 Å². The normalized spacial score (nSPS) is 12.4. The van der Waals surface area contributed by atoms with Gasteiger partial charge in [-0.2, -0.15) is 0 Å². The maximum Gasteiger partial charge on any atom is 0.144 e. The highest BCUT2D eigenvalue weighted by Gasteiger charge is 2.39. The molecule has 0 unspecified atom stereocenters. The van der Waals surface area contributed by atoms with Crippen LogP contribution in [0.1, 0.15) is 38.8 Å². The van der Waals surface area contributed by atoms with Gasteiger partial charge in [-0.25, -0.2) is 0 Å². The number of hydrogen-bond acceptors (Lipinski definition) is 3. The Hall–Kier alpha value is -1.35. The Morgan fingerprint density at radius 1 is 1.26 bits per heavy atom. The van der Waals surface area contributed by atoms with Crippen molar-refractivity contribution in [1.82, 2.24) is 0 Å².